The molecule has 0 aromatic heterocycles. The lowest BCUT2D eigenvalue weighted by molar-refractivity contribution is -0.122. The fourth-order valence-electron chi connectivity index (χ4n) is 2.06. The van der Waals surface area contributed by atoms with Crippen LogP contribution in [0.4, 0.5) is 0 Å². The molecular formula is C15H17BrN2O2S. The largest absolute Gasteiger partial charge is 0.496 e. The normalized spacial score (nSPS) is 16.5. The number of halogens is 1. The first kappa shape index (κ1) is 16.0. The van der Waals surface area contributed by atoms with Crippen LogP contribution in [0, 0.1) is 0 Å². The lowest BCUT2D eigenvalue weighted by atomic mass is 10.1. The molecule has 21 heavy (non-hydrogen) atoms. The average molecular weight is 369 g/mol. The van der Waals surface area contributed by atoms with Crippen LogP contribution in [-0.4, -0.2) is 29.6 Å². The molecule has 0 radical (unpaired) electrons. The Morgan fingerprint density at radius 1 is 1.48 bits per heavy atom. The summed E-state index contributed by atoms with van der Waals surface area (Å²) in [5.41, 5.74) is 1.30. The molecule has 0 spiro atoms. The molecule has 0 saturated carbocycles. The van der Waals surface area contributed by atoms with Gasteiger partial charge in [0, 0.05) is 16.6 Å². The second kappa shape index (κ2) is 7.04. The van der Waals surface area contributed by atoms with Crippen LogP contribution in [0.2, 0.25) is 0 Å². The number of thiocarbonyl (C=S) groups is 1. The predicted molar refractivity (Wildman–Crippen MR) is 91.0 cm³/mol. The van der Waals surface area contributed by atoms with Crippen LogP contribution in [0.1, 0.15) is 25.3 Å². The first-order chi connectivity index (χ1) is 10.1. The predicted octanol–water partition coefficient (Wildman–Crippen LogP) is 3.32. The van der Waals surface area contributed by atoms with Gasteiger partial charge in [0.05, 0.1) is 7.11 Å². The van der Waals surface area contributed by atoms with Gasteiger partial charge in [0.1, 0.15) is 11.4 Å². The van der Waals surface area contributed by atoms with Crippen LogP contribution in [-0.2, 0) is 4.79 Å². The van der Waals surface area contributed by atoms with E-state index in [0.29, 0.717) is 23.1 Å². The molecule has 1 aliphatic rings. The first-order valence-electron chi connectivity index (χ1n) is 6.75. The van der Waals surface area contributed by atoms with Crippen molar-refractivity contribution in [2.24, 2.45) is 0 Å². The number of benzene rings is 1. The molecule has 1 aliphatic heterocycles. The molecule has 112 valence electrons. The Morgan fingerprint density at radius 2 is 2.24 bits per heavy atom. The second-order valence-corrected chi connectivity index (χ2v) is 5.99. The van der Waals surface area contributed by atoms with Gasteiger partial charge in [-0.1, -0.05) is 29.3 Å². The minimum Gasteiger partial charge on any atom is -0.496 e. The molecule has 1 aromatic carbocycles. The fourth-order valence-corrected chi connectivity index (χ4v) is 2.73. The minimum atomic E-state index is -0.0875. The summed E-state index contributed by atoms with van der Waals surface area (Å²) in [6, 6.07) is 5.64. The third-order valence-corrected chi connectivity index (χ3v) is 4.00. The highest BCUT2D eigenvalue weighted by Gasteiger charge is 2.30. The van der Waals surface area contributed by atoms with Gasteiger partial charge in [0.25, 0.3) is 5.91 Å². The maximum atomic E-state index is 12.4. The number of nitrogens with one attached hydrogen (secondary N) is 1. The van der Waals surface area contributed by atoms with E-state index in [4.69, 9.17) is 17.0 Å². The zero-order chi connectivity index (χ0) is 15.4. The molecule has 1 saturated heterocycles. The molecule has 0 bridgehead atoms. The number of methoxy groups -OCH3 is 1. The van der Waals surface area contributed by atoms with Gasteiger partial charge in [-0.2, -0.15) is 0 Å². The van der Waals surface area contributed by atoms with Crippen molar-refractivity contribution in [1.82, 2.24) is 10.2 Å². The van der Waals surface area contributed by atoms with Gasteiger partial charge in [-0.3, -0.25) is 9.69 Å². The van der Waals surface area contributed by atoms with Crippen LogP contribution in [0.5, 0.6) is 5.75 Å². The van der Waals surface area contributed by atoms with E-state index in [2.05, 4.69) is 28.2 Å². The van der Waals surface area contributed by atoms with E-state index < -0.39 is 0 Å². The maximum Gasteiger partial charge on any atom is 0.276 e. The summed E-state index contributed by atoms with van der Waals surface area (Å²) in [6.45, 7) is 2.73. The third kappa shape index (κ3) is 3.63. The van der Waals surface area contributed by atoms with E-state index in [1.807, 2.05) is 18.2 Å². The Bertz CT molecular complexity index is 601. The lowest BCUT2D eigenvalue weighted by Crippen LogP contribution is -2.31. The molecule has 1 aromatic rings. The molecule has 1 amide bonds. The summed E-state index contributed by atoms with van der Waals surface area (Å²) in [5, 5.41) is 3.45. The Hall–Kier alpha value is -1.40. The molecule has 6 heteroatoms. The van der Waals surface area contributed by atoms with Crippen molar-refractivity contribution in [3.8, 4) is 5.75 Å². The van der Waals surface area contributed by atoms with E-state index >= 15 is 0 Å². The number of nitrogens with zero attached hydrogens (tertiary/aromatic N) is 1. The van der Waals surface area contributed by atoms with Crippen molar-refractivity contribution in [1.29, 1.82) is 0 Å². The molecular weight excluding hydrogens is 352 g/mol. The smallest absolute Gasteiger partial charge is 0.276 e. The molecule has 4 nitrogen and oxygen atoms in total. The topological polar surface area (TPSA) is 41.6 Å². The standard InChI is InChI=1S/C15H17BrN2O2S/c1-3-4-7-18-14(19)12(17-15(18)21)9-10-8-11(16)5-6-13(10)20-2/h5-6,8-9H,3-4,7H2,1-2H3,(H,17,21)/b12-9+. The van der Waals surface area contributed by atoms with Crippen molar-refractivity contribution >= 4 is 45.2 Å². The lowest BCUT2D eigenvalue weighted by Gasteiger charge is -2.12. The quantitative estimate of drug-likeness (QED) is 0.639. The number of carbonyl (C=O) groups is 1. The highest BCUT2D eigenvalue weighted by atomic mass is 79.9. The zero-order valence-corrected chi connectivity index (χ0v) is 14.4. The summed E-state index contributed by atoms with van der Waals surface area (Å²) >= 11 is 8.65. The van der Waals surface area contributed by atoms with E-state index in [0.717, 1.165) is 22.9 Å². The van der Waals surface area contributed by atoms with Crippen molar-refractivity contribution in [3.63, 3.8) is 0 Å². The van der Waals surface area contributed by atoms with Gasteiger partial charge < -0.3 is 10.1 Å². The summed E-state index contributed by atoms with van der Waals surface area (Å²) in [5.74, 6) is 0.619. The minimum absolute atomic E-state index is 0.0875. The van der Waals surface area contributed by atoms with Crippen molar-refractivity contribution in [2.75, 3.05) is 13.7 Å². The zero-order valence-electron chi connectivity index (χ0n) is 12.0. The molecule has 1 N–H and O–H groups in total. The van der Waals surface area contributed by atoms with Crippen molar-refractivity contribution in [2.45, 2.75) is 19.8 Å². The Morgan fingerprint density at radius 3 is 2.90 bits per heavy atom. The molecule has 1 heterocycles. The molecule has 0 atom stereocenters. The van der Waals surface area contributed by atoms with Crippen molar-refractivity contribution in [3.05, 3.63) is 33.9 Å². The maximum absolute atomic E-state index is 12.4. The third-order valence-electron chi connectivity index (χ3n) is 3.19. The van der Waals surface area contributed by atoms with E-state index in [-0.39, 0.29) is 5.91 Å². The van der Waals surface area contributed by atoms with E-state index in [1.54, 1.807) is 18.1 Å². The van der Waals surface area contributed by atoms with Crippen molar-refractivity contribution < 1.29 is 9.53 Å². The molecule has 0 unspecified atom stereocenters. The SMILES string of the molecule is CCCCN1C(=O)/C(=C\c2cc(Br)ccc2OC)NC1=S. The van der Waals surface area contributed by atoms with Crippen LogP contribution in [0.25, 0.3) is 6.08 Å². The molecule has 2 rings (SSSR count). The number of carbonyl (C=O) groups excluding carboxylic acids is 1. The summed E-state index contributed by atoms with van der Waals surface area (Å²) < 4.78 is 6.24. The number of rotatable bonds is 5. The number of hydrogen-bond acceptors (Lipinski definition) is 3. The van der Waals surface area contributed by atoms with E-state index in [1.165, 1.54) is 0 Å². The van der Waals surface area contributed by atoms with Gasteiger partial charge in [0.2, 0.25) is 0 Å². The van der Waals surface area contributed by atoms with Gasteiger partial charge in [-0.15, -0.1) is 0 Å². The number of unbranched alkanes of at least 4 members (excludes halogenated alkanes) is 1. The average Bonchev–Trinajstić information content (AvgIpc) is 2.72. The van der Waals surface area contributed by atoms with Crippen LogP contribution in [0.3, 0.4) is 0 Å². The monoisotopic (exact) mass is 368 g/mol. The van der Waals surface area contributed by atoms with Gasteiger partial charge >= 0.3 is 0 Å². The second-order valence-electron chi connectivity index (χ2n) is 4.68. The summed E-state index contributed by atoms with van der Waals surface area (Å²) in [6.07, 6.45) is 3.72. The van der Waals surface area contributed by atoms with Crippen LogP contribution in [0.15, 0.2) is 28.4 Å². The number of ether oxygens (including phenoxy) is 1. The highest BCUT2D eigenvalue weighted by molar-refractivity contribution is 9.10. The van der Waals surface area contributed by atoms with Crippen LogP contribution < -0.4 is 10.1 Å². The summed E-state index contributed by atoms with van der Waals surface area (Å²) in [7, 11) is 1.60. The Labute approximate surface area is 138 Å². The molecule has 0 aliphatic carbocycles. The van der Waals surface area contributed by atoms with E-state index in [9.17, 15) is 4.79 Å². The van der Waals surface area contributed by atoms with Gasteiger partial charge in [-0.05, 0) is 42.9 Å². The van der Waals surface area contributed by atoms with Crippen LogP contribution >= 0.6 is 28.1 Å². The number of amides is 1. The summed E-state index contributed by atoms with van der Waals surface area (Å²) in [4.78, 5) is 14.0. The number of hydrogen-bond donors (Lipinski definition) is 1. The Balaban J connectivity index is 2.28. The van der Waals surface area contributed by atoms with Gasteiger partial charge in [-0.25, -0.2) is 0 Å². The Kier molecular flexibility index (Phi) is 5.36. The first-order valence-corrected chi connectivity index (χ1v) is 7.95. The van der Waals surface area contributed by atoms with Gasteiger partial charge in [0.15, 0.2) is 5.11 Å². The fraction of sp³-hybridized carbons (Fsp3) is 0.333. The molecule has 1 fully saturated rings. The highest BCUT2D eigenvalue weighted by Crippen LogP contribution is 2.26.